The molecule has 0 radical (unpaired) electrons. The topological polar surface area (TPSA) is 53.6 Å². The molecule has 1 saturated carbocycles. The van der Waals surface area contributed by atoms with Gasteiger partial charge in [-0.25, -0.2) is 4.98 Å². The van der Waals surface area contributed by atoms with Crippen LogP contribution in [0.4, 0.5) is 0 Å². The van der Waals surface area contributed by atoms with Crippen LogP contribution in [0, 0.1) is 0 Å². The summed E-state index contributed by atoms with van der Waals surface area (Å²) in [5.74, 6) is 2.78. The van der Waals surface area contributed by atoms with Gasteiger partial charge < -0.3 is 5.32 Å². The number of aryl methyl sites for hydroxylation is 1. The lowest BCUT2D eigenvalue weighted by molar-refractivity contribution is 0.381. The summed E-state index contributed by atoms with van der Waals surface area (Å²) in [4.78, 5) is 4.72. The molecule has 1 unspecified atom stereocenters. The Bertz CT molecular complexity index is 375. The predicted molar refractivity (Wildman–Crippen MR) is 76.2 cm³/mol. The molecule has 1 saturated heterocycles. The van der Waals surface area contributed by atoms with E-state index in [-0.39, 0.29) is 0 Å². The van der Waals surface area contributed by atoms with Crippen molar-refractivity contribution in [3.63, 3.8) is 0 Å². The highest BCUT2D eigenvalue weighted by Crippen LogP contribution is 2.30. The highest BCUT2D eigenvalue weighted by atomic mass is 15.2. The Labute approximate surface area is 115 Å². The third kappa shape index (κ3) is 3.56. The summed E-state index contributed by atoms with van der Waals surface area (Å²) in [7, 11) is 0. The van der Waals surface area contributed by atoms with Crippen LogP contribution in [0.2, 0.25) is 0 Å². The fourth-order valence-corrected chi connectivity index (χ4v) is 3.45. The Morgan fingerprint density at radius 2 is 1.84 bits per heavy atom. The van der Waals surface area contributed by atoms with Crippen LogP contribution in [0.5, 0.6) is 0 Å². The average molecular weight is 262 g/mol. The van der Waals surface area contributed by atoms with Crippen molar-refractivity contribution in [1.82, 2.24) is 20.5 Å². The van der Waals surface area contributed by atoms with E-state index in [0.29, 0.717) is 12.0 Å². The van der Waals surface area contributed by atoms with E-state index in [1.54, 1.807) is 0 Å². The number of rotatable bonds is 4. The molecule has 2 fully saturated rings. The lowest BCUT2D eigenvalue weighted by Gasteiger charge is -2.22. The smallest absolute Gasteiger partial charge is 0.153 e. The number of nitrogens with one attached hydrogen (secondary N) is 2. The maximum absolute atomic E-state index is 4.72. The van der Waals surface area contributed by atoms with Gasteiger partial charge in [-0.2, -0.15) is 5.10 Å². The molecule has 106 valence electrons. The molecule has 1 aromatic rings. The molecule has 19 heavy (non-hydrogen) atoms. The number of piperidine rings is 1. The van der Waals surface area contributed by atoms with Gasteiger partial charge >= 0.3 is 0 Å². The number of hydrogen-bond donors (Lipinski definition) is 2. The maximum Gasteiger partial charge on any atom is 0.153 e. The average Bonchev–Trinajstić information content (AvgIpc) is 2.96. The molecule has 2 heterocycles. The van der Waals surface area contributed by atoms with Gasteiger partial charge in [-0.15, -0.1) is 0 Å². The number of H-pyrrole nitrogens is 1. The summed E-state index contributed by atoms with van der Waals surface area (Å²) >= 11 is 0. The van der Waals surface area contributed by atoms with Gasteiger partial charge in [-0.05, 0) is 38.6 Å². The molecule has 3 rings (SSSR count). The van der Waals surface area contributed by atoms with E-state index < -0.39 is 0 Å². The zero-order valence-corrected chi connectivity index (χ0v) is 11.8. The fraction of sp³-hybridized carbons (Fsp3) is 0.867. The quantitative estimate of drug-likeness (QED) is 0.877. The molecule has 1 atom stereocenters. The molecule has 4 heteroatoms. The molecule has 0 aromatic carbocycles. The molecule has 1 aliphatic heterocycles. The van der Waals surface area contributed by atoms with Crippen LogP contribution < -0.4 is 5.32 Å². The predicted octanol–water partition coefficient (Wildman–Crippen LogP) is 2.93. The van der Waals surface area contributed by atoms with Crippen molar-refractivity contribution in [2.45, 2.75) is 76.2 Å². The van der Waals surface area contributed by atoms with E-state index in [2.05, 4.69) is 15.5 Å². The number of aromatic amines is 1. The van der Waals surface area contributed by atoms with Crippen molar-refractivity contribution in [3.8, 4) is 0 Å². The molecule has 4 nitrogen and oxygen atoms in total. The monoisotopic (exact) mass is 262 g/mol. The van der Waals surface area contributed by atoms with Gasteiger partial charge in [0.25, 0.3) is 0 Å². The third-order valence-corrected chi connectivity index (χ3v) is 4.66. The van der Waals surface area contributed by atoms with Crippen LogP contribution in [0.25, 0.3) is 0 Å². The Kier molecular flexibility index (Phi) is 4.49. The maximum atomic E-state index is 4.72. The SMILES string of the molecule is C1CCC(c2n[nH]c(CCC3CCCCN3)n2)CC1. The first-order valence-corrected chi connectivity index (χ1v) is 8.06. The van der Waals surface area contributed by atoms with Gasteiger partial charge in [-0.1, -0.05) is 25.7 Å². The van der Waals surface area contributed by atoms with Crippen molar-refractivity contribution in [2.75, 3.05) is 6.54 Å². The largest absolute Gasteiger partial charge is 0.314 e. The second-order valence-corrected chi connectivity index (χ2v) is 6.16. The third-order valence-electron chi connectivity index (χ3n) is 4.66. The van der Waals surface area contributed by atoms with E-state index in [4.69, 9.17) is 4.98 Å². The molecular weight excluding hydrogens is 236 g/mol. The number of nitrogens with zero attached hydrogens (tertiary/aromatic N) is 2. The number of aromatic nitrogens is 3. The van der Waals surface area contributed by atoms with Gasteiger partial charge in [0, 0.05) is 18.4 Å². The highest BCUT2D eigenvalue weighted by molar-refractivity contribution is 4.99. The highest BCUT2D eigenvalue weighted by Gasteiger charge is 2.20. The molecule has 2 aliphatic rings. The standard InChI is InChI=1S/C15H26N4/c1-2-6-12(7-3-1)15-17-14(18-19-15)10-9-13-8-4-5-11-16-13/h12-13,16H,1-11H2,(H,17,18,19). The molecule has 0 spiro atoms. The Morgan fingerprint density at radius 3 is 2.63 bits per heavy atom. The van der Waals surface area contributed by atoms with E-state index in [9.17, 15) is 0 Å². The second kappa shape index (κ2) is 6.51. The van der Waals surface area contributed by atoms with Crippen LogP contribution in [0.1, 0.15) is 75.4 Å². The van der Waals surface area contributed by atoms with E-state index in [0.717, 1.165) is 18.1 Å². The summed E-state index contributed by atoms with van der Waals surface area (Å²) < 4.78 is 0. The van der Waals surface area contributed by atoms with E-state index in [1.165, 1.54) is 64.3 Å². The Hall–Kier alpha value is -0.900. The van der Waals surface area contributed by atoms with E-state index >= 15 is 0 Å². The normalized spacial score (nSPS) is 25.6. The summed E-state index contributed by atoms with van der Waals surface area (Å²) in [5, 5.41) is 11.2. The molecule has 0 amide bonds. The minimum Gasteiger partial charge on any atom is -0.314 e. The zero-order chi connectivity index (χ0) is 12.9. The minimum atomic E-state index is 0.617. The van der Waals surface area contributed by atoms with Gasteiger partial charge in [0.1, 0.15) is 5.82 Å². The molecule has 1 aliphatic carbocycles. The second-order valence-electron chi connectivity index (χ2n) is 6.16. The lowest BCUT2D eigenvalue weighted by Crippen LogP contribution is -2.34. The van der Waals surface area contributed by atoms with Crippen molar-refractivity contribution < 1.29 is 0 Å². The summed E-state index contributed by atoms with van der Waals surface area (Å²) in [6.45, 7) is 1.19. The van der Waals surface area contributed by atoms with Crippen molar-refractivity contribution in [3.05, 3.63) is 11.6 Å². The molecule has 2 N–H and O–H groups in total. The van der Waals surface area contributed by atoms with Crippen LogP contribution in [-0.2, 0) is 6.42 Å². The summed E-state index contributed by atoms with van der Waals surface area (Å²) in [5.41, 5.74) is 0. The minimum absolute atomic E-state index is 0.617. The van der Waals surface area contributed by atoms with Crippen LogP contribution >= 0.6 is 0 Å². The first kappa shape index (κ1) is 13.1. The lowest BCUT2D eigenvalue weighted by atomic mass is 9.89. The Morgan fingerprint density at radius 1 is 1.00 bits per heavy atom. The zero-order valence-electron chi connectivity index (χ0n) is 11.8. The fourth-order valence-electron chi connectivity index (χ4n) is 3.45. The van der Waals surface area contributed by atoms with Gasteiger partial charge in [-0.3, -0.25) is 5.10 Å². The summed E-state index contributed by atoms with van der Waals surface area (Å²) in [6, 6.07) is 0.692. The van der Waals surface area contributed by atoms with Gasteiger partial charge in [0.05, 0.1) is 0 Å². The Balaban J connectivity index is 1.49. The number of hydrogen-bond acceptors (Lipinski definition) is 3. The van der Waals surface area contributed by atoms with Gasteiger partial charge in [0.2, 0.25) is 0 Å². The van der Waals surface area contributed by atoms with Crippen molar-refractivity contribution in [2.24, 2.45) is 0 Å². The summed E-state index contributed by atoms with van der Waals surface area (Å²) in [6.07, 6.45) is 12.9. The first-order chi connectivity index (χ1) is 9.42. The molecule has 1 aromatic heterocycles. The van der Waals surface area contributed by atoms with Gasteiger partial charge in [0.15, 0.2) is 5.82 Å². The van der Waals surface area contributed by atoms with Crippen LogP contribution in [-0.4, -0.2) is 27.8 Å². The van der Waals surface area contributed by atoms with E-state index in [1.807, 2.05) is 0 Å². The van der Waals surface area contributed by atoms with Crippen molar-refractivity contribution >= 4 is 0 Å². The first-order valence-electron chi connectivity index (χ1n) is 8.06. The van der Waals surface area contributed by atoms with Crippen LogP contribution in [0.3, 0.4) is 0 Å². The van der Waals surface area contributed by atoms with Crippen molar-refractivity contribution in [1.29, 1.82) is 0 Å². The van der Waals surface area contributed by atoms with Crippen LogP contribution in [0.15, 0.2) is 0 Å². The molecular formula is C15H26N4. The molecule has 0 bridgehead atoms.